The topological polar surface area (TPSA) is 123 Å². The molecule has 0 aliphatic heterocycles. The Balaban J connectivity index is 1.30. The third kappa shape index (κ3) is 5.90. The van der Waals surface area contributed by atoms with Crippen LogP contribution < -0.4 is 10.9 Å². The number of aromatic nitrogens is 3. The Morgan fingerprint density at radius 3 is 2.46 bits per heavy atom. The summed E-state index contributed by atoms with van der Waals surface area (Å²) in [5.74, 6) is -2.85. The van der Waals surface area contributed by atoms with Crippen LogP contribution in [0.3, 0.4) is 0 Å². The Morgan fingerprint density at radius 2 is 1.70 bits per heavy atom. The molecule has 6 rings (SSSR count). The summed E-state index contributed by atoms with van der Waals surface area (Å²) < 4.78 is 57.1. The number of pyridine rings is 2. The second kappa shape index (κ2) is 12.5. The van der Waals surface area contributed by atoms with E-state index in [-0.39, 0.29) is 34.9 Å². The molecule has 46 heavy (non-hydrogen) atoms. The average molecular weight is 753 g/mol. The number of rotatable bonds is 8. The van der Waals surface area contributed by atoms with Crippen molar-refractivity contribution >= 4 is 49.6 Å². The molecule has 3 aromatic carbocycles. The number of benzene rings is 3. The van der Waals surface area contributed by atoms with E-state index in [4.69, 9.17) is 0 Å². The van der Waals surface area contributed by atoms with E-state index in [0.29, 0.717) is 31.3 Å². The predicted octanol–water partition coefficient (Wildman–Crippen LogP) is 5.67. The summed E-state index contributed by atoms with van der Waals surface area (Å²) in [6.45, 7) is -0.151. The molecule has 0 atom stereocenters. The van der Waals surface area contributed by atoms with Gasteiger partial charge in [0.25, 0.3) is 21.5 Å². The normalized spacial score (nSPS) is 11.5. The second-order valence-corrected chi connectivity index (χ2v) is 13.1. The van der Waals surface area contributed by atoms with Gasteiger partial charge in [-0.2, -0.15) is 0 Å². The van der Waals surface area contributed by atoms with Gasteiger partial charge in [-0.05, 0) is 106 Å². The van der Waals surface area contributed by atoms with Gasteiger partial charge >= 0.3 is 0 Å². The van der Waals surface area contributed by atoms with Crippen LogP contribution in [0.25, 0.3) is 22.2 Å². The molecule has 0 saturated carbocycles. The minimum absolute atomic E-state index is 0.0752. The van der Waals surface area contributed by atoms with Crippen molar-refractivity contribution in [1.82, 2.24) is 18.8 Å². The van der Waals surface area contributed by atoms with E-state index in [2.05, 4.69) is 10.3 Å². The van der Waals surface area contributed by atoms with Gasteiger partial charge in [-0.3, -0.25) is 9.59 Å². The summed E-state index contributed by atoms with van der Waals surface area (Å²) >= 11 is 1.95. The number of amides is 1. The minimum Gasteiger partial charge on any atom is -0.508 e. The molecule has 232 valence electrons. The van der Waals surface area contributed by atoms with Gasteiger partial charge in [-0.1, -0.05) is 24.3 Å². The Hall–Kier alpha value is -4.89. The summed E-state index contributed by atoms with van der Waals surface area (Å²) in [6.07, 6.45) is 2.94. The molecule has 3 aromatic heterocycles. The smallest absolute Gasteiger partial charge is 0.270 e. The molecule has 0 unspecified atom stereocenters. The third-order valence-corrected chi connectivity index (χ3v) is 10.3. The lowest BCUT2D eigenvalue weighted by Crippen LogP contribution is -2.32. The highest BCUT2D eigenvalue weighted by Crippen LogP contribution is 2.38. The van der Waals surface area contributed by atoms with Gasteiger partial charge < -0.3 is 15.0 Å². The van der Waals surface area contributed by atoms with E-state index in [0.717, 1.165) is 12.1 Å². The maximum Gasteiger partial charge on any atom is 0.270 e. The van der Waals surface area contributed by atoms with Gasteiger partial charge in [0.05, 0.1) is 11.4 Å². The first-order valence-electron chi connectivity index (χ1n) is 13.7. The van der Waals surface area contributed by atoms with Crippen molar-refractivity contribution in [2.75, 3.05) is 0 Å². The highest BCUT2D eigenvalue weighted by molar-refractivity contribution is 14.1. The van der Waals surface area contributed by atoms with Gasteiger partial charge in [0, 0.05) is 29.9 Å². The second-order valence-electron chi connectivity index (χ2n) is 10.3. The van der Waals surface area contributed by atoms with E-state index in [1.54, 1.807) is 36.4 Å². The van der Waals surface area contributed by atoms with Crippen molar-refractivity contribution in [3.63, 3.8) is 0 Å². The van der Waals surface area contributed by atoms with Crippen LogP contribution in [-0.4, -0.2) is 33.0 Å². The number of hydrogen-bond acceptors (Lipinski definition) is 6. The molecule has 13 heteroatoms. The molecule has 0 aliphatic carbocycles. The van der Waals surface area contributed by atoms with Crippen LogP contribution in [0.15, 0.2) is 113 Å². The van der Waals surface area contributed by atoms with Crippen molar-refractivity contribution in [1.29, 1.82) is 0 Å². The van der Waals surface area contributed by atoms with E-state index >= 15 is 0 Å². The maximum atomic E-state index is 13.7. The highest BCUT2D eigenvalue weighted by atomic mass is 127. The Morgan fingerprint density at radius 1 is 0.913 bits per heavy atom. The maximum absolute atomic E-state index is 13.7. The first kappa shape index (κ1) is 31.1. The van der Waals surface area contributed by atoms with Crippen molar-refractivity contribution < 1.29 is 27.1 Å². The lowest BCUT2D eigenvalue weighted by Gasteiger charge is -2.11. The minimum atomic E-state index is -4.03. The van der Waals surface area contributed by atoms with Crippen molar-refractivity contribution in [2.24, 2.45) is 0 Å². The van der Waals surface area contributed by atoms with Crippen molar-refractivity contribution in [2.45, 2.75) is 18.0 Å². The SMILES string of the molecule is O=C(NCc1cc(O)cc(-c2c(I)n(S(=O)(=O)c3ccccc3)c3ncccc23)c1)c1cccn(Cc2ccc(F)c(F)c2)c1=O. The Labute approximate surface area is 275 Å². The van der Waals surface area contributed by atoms with E-state index in [1.165, 1.54) is 63.4 Å². The number of nitrogens with one attached hydrogen (secondary N) is 1. The molecule has 0 saturated heterocycles. The molecule has 0 radical (unpaired) electrons. The Kier molecular flexibility index (Phi) is 8.44. The number of nitrogens with zero attached hydrogens (tertiary/aromatic N) is 3. The summed E-state index contributed by atoms with van der Waals surface area (Å²) in [7, 11) is -4.03. The summed E-state index contributed by atoms with van der Waals surface area (Å²) in [5, 5.41) is 13.9. The summed E-state index contributed by atoms with van der Waals surface area (Å²) in [5.41, 5.74) is 1.25. The Bertz CT molecular complexity index is 2310. The van der Waals surface area contributed by atoms with Crippen molar-refractivity contribution in [3.05, 3.63) is 146 Å². The van der Waals surface area contributed by atoms with Crippen LogP contribution >= 0.6 is 22.6 Å². The van der Waals surface area contributed by atoms with Crippen LogP contribution in [0, 0.1) is 15.3 Å². The van der Waals surface area contributed by atoms with Gasteiger partial charge in [0.2, 0.25) is 0 Å². The molecule has 2 N–H and O–H groups in total. The number of hydrogen-bond donors (Lipinski definition) is 2. The fraction of sp³-hybridized carbons (Fsp3) is 0.0606. The monoisotopic (exact) mass is 752 g/mol. The molecule has 0 spiro atoms. The van der Waals surface area contributed by atoms with Crippen LogP contribution in [0.4, 0.5) is 8.78 Å². The van der Waals surface area contributed by atoms with Crippen LogP contribution in [0.1, 0.15) is 21.5 Å². The van der Waals surface area contributed by atoms with E-state index < -0.39 is 33.1 Å². The zero-order valence-corrected chi connectivity index (χ0v) is 26.7. The lowest BCUT2D eigenvalue weighted by atomic mass is 10.0. The molecular formula is C33H23F2IN4O5S. The molecular weight excluding hydrogens is 729 g/mol. The zero-order valence-electron chi connectivity index (χ0n) is 23.7. The predicted molar refractivity (Wildman–Crippen MR) is 176 cm³/mol. The molecule has 9 nitrogen and oxygen atoms in total. The first-order valence-corrected chi connectivity index (χ1v) is 16.3. The average Bonchev–Trinajstić information content (AvgIpc) is 3.35. The standard InChI is InChI=1S/C33H23F2IN4O5S/c34-27-11-10-20(16-28(27)35)19-39-13-5-9-26(33(39)43)32(42)38-18-21-14-22(17-23(41)15-21)29-25-8-4-12-37-31(25)40(30(29)36)46(44,45)24-6-2-1-3-7-24/h1-17,41H,18-19H2,(H,38,42). The number of aromatic hydroxyl groups is 1. The summed E-state index contributed by atoms with van der Waals surface area (Å²) in [4.78, 5) is 30.6. The molecule has 3 heterocycles. The number of fused-ring (bicyclic) bond motifs is 1. The number of carbonyl (C=O) groups excluding carboxylic acids is 1. The molecule has 6 aromatic rings. The first-order chi connectivity index (χ1) is 22.0. The number of phenolic OH excluding ortho intramolecular Hbond substituents is 1. The van der Waals surface area contributed by atoms with Crippen LogP contribution in [0.2, 0.25) is 0 Å². The van der Waals surface area contributed by atoms with Crippen LogP contribution in [-0.2, 0) is 23.1 Å². The zero-order chi connectivity index (χ0) is 32.6. The molecule has 0 fully saturated rings. The van der Waals surface area contributed by atoms with Crippen LogP contribution in [0.5, 0.6) is 5.75 Å². The fourth-order valence-electron chi connectivity index (χ4n) is 5.12. The highest BCUT2D eigenvalue weighted by Gasteiger charge is 2.27. The van der Waals surface area contributed by atoms with E-state index in [1.807, 2.05) is 22.6 Å². The fourth-order valence-corrected chi connectivity index (χ4v) is 8.11. The number of halogens is 3. The largest absolute Gasteiger partial charge is 0.508 e. The van der Waals surface area contributed by atoms with Gasteiger partial charge in [0.1, 0.15) is 15.0 Å². The lowest BCUT2D eigenvalue weighted by molar-refractivity contribution is 0.0948. The van der Waals surface area contributed by atoms with Gasteiger partial charge in [0.15, 0.2) is 17.3 Å². The third-order valence-electron chi connectivity index (χ3n) is 7.24. The quantitative estimate of drug-likeness (QED) is 0.194. The number of carbonyl (C=O) groups is 1. The molecule has 0 aliphatic rings. The molecule has 0 bridgehead atoms. The van der Waals surface area contributed by atoms with Crippen molar-refractivity contribution in [3.8, 4) is 16.9 Å². The van der Waals surface area contributed by atoms with E-state index in [9.17, 15) is 31.9 Å². The van der Waals surface area contributed by atoms with Gasteiger partial charge in [-0.25, -0.2) is 26.2 Å². The molecule has 1 amide bonds. The van der Waals surface area contributed by atoms with Gasteiger partial charge in [-0.15, -0.1) is 0 Å². The summed E-state index contributed by atoms with van der Waals surface area (Å²) in [6, 6.07) is 22.2. The number of phenols is 1.